The molecule has 0 heterocycles. The van der Waals surface area contributed by atoms with Gasteiger partial charge in [0.2, 0.25) is 0 Å². The Morgan fingerprint density at radius 2 is 1.95 bits per heavy atom. The Morgan fingerprint density at radius 3 is 2.65 bits per heavy atom. The van der Waals surface area contributed by atoms with Gasteiger partial charge in [-0.05, 0) is 43.8 Å². The van der Waals surface area contributed by atoms with Gasteiger partial charge in [0.05, 0.1) is 0 Å². The summed E-state index contributed by atoms with van der Waals surface area (Å²) in [5, 5.41) is 3.89. The van der Waals surface area contributed by atoms with Crippen molar-refractivity contribution < 1.29 is 4.74 Å². The SMILES string of the molecule is CNCc1cc(Br)ccc1OCc1ccc(C)cc1Cl. The average Bonchev–Trinajstić information content (AvgIpc) is 2.40. The molecule has 0 unspecified atom stereocenters. The highest BCUT2D eigenvalue weighted by molar-refractivity contribution is 9.10. The van der Waals surface area contributed by atoms with E-state index < -0.39 is 0 Å². The zero-order valence-corrected chi connectivity index (χ0v) is 13.9. The fraction of sp³-hybridized carbons (Fsp3) is 0.250. The molecule has 2 aromatic carbocycles. The number of hydrogen-bond acceptors (Lipinski definition) is 2. The van der Waals surface area contributed by atoms with Crippen LogP contribution < -0.4 is 10.1 Å². The Balaban J connectivity index is 2.14. The van der Waals surface area contributed by atoms with Crippen molar-refractivity contribution in [2.24, 2.45) is 0 Å². The first-order chi connectivity index (χ1) is 9.60. The monoisotopic (exact) mass is 353 g/mol. The molecule has 106 valence electrons. The number of rotatable bonds is 5. The minimum atomic E-state index is 0.470. The van der Waals surface area contributed by atoms with E-state index in [1.54, 1.807) is 0 Å². The lowest BCUT2D eigenvalue weighted by molar-refractivity contribution is 0.302. The molecule has 0 aliphatic rings. The van der Waals surface area contributed by atoms with Crippen LogP contribution in [0.4, 0.5) is 0 Å². The van der Waals surface area contributed by atoms with E-state index in [1.165, 1.54) is 0 Å². The smallest absolute Gasteiger partial charge is 0.124 e. The van der Waals surface area contributed by atoms with Crippen molar-refractivity contribution in [1.82, 2.24) is 5.32 Å². The molecular formula is C16H17BrClNO. The lowest BCUT2D eigenvalue weighted by atomic mass is 10.1. The van der Waals surface area contributed by atoms with Crippen LogP contribution in [0.1, 0.15) is 16.7 Å². The quantitative estimate of drug-likeness (QED) is 0.839. The van der Waals surface area contributed by atoms with Crippen molar-refractivity contribution in [3.05, 3.63) is 62.6 Å². The first-order valence-electron chi connectivity index (χ1n) is 6.41. The molecule has 0 aliphatic carbocycles. The molecule has 0 fully saturated rings. The van der Waals surface area contributed by atoms with E-state index in [4.69, 9.17) is 16.3 Å². The van der Waals surface area contributed by atoms with E-state index in [0.29, 0.717) is 6.61 Å². The highest BCUT2D eigenvalue weighted by atomic mass is 79.9. The third-order valence-electron chi connectivity index (χ3n) is 2.98. The van der Waals surface area contributed by atoms with Gasteiger partial charge in [0.25, 0.3) is 0 Å². The van der Waals surface area contributed by atoms with Crippen LogP contribution >= 0.6 is 27.5 Å². The number of nitrogens with one attached hydrogen (secondary N) is 1. The van der Waals surface area contributed by atoms with E-state index in [9.17, 15) is 0 Å². The third kappa shape index (κ3) is 3.98. The van der Waals surface area contributed by atoms with Gasteiger partial charge in [0.15, 0.2) is 0 Å². The zero-order valence-electron chi connectivity index (χ0n) is 11.5. The molecule has 0 saturated carbocycles. The average molecular weight is 355 g/mol. The fourth-order valence-electron chi connectivity index (χ4n) is 1.94. The standard InChI is InChI=1S/C16H17BrClNO/c1-11-3-4-12(15(18)7-11)10-20-16-6-5-14(17)8-13(16)9-19-2/h3-8,19H,9-10H2,1-2H3. The van der Waals surface area contributed by atoms with Crippen LogP contribution in [0, 0.1) is 6.92 Å². The predicted octanol–water partition coefficient (Wildman–Crippen LogP) is 4.71. The summed E-state index contributed by atoms with van der Waals surface area (Å²) in [4.78, 5) is 0. The van der Waals surface area contributed by atoms with E-state index in [-0.39, 0.29) is 0 Å². The zero-order chi connectivity index (χ0) is 14.5. The molecule has 0 aliphatic heterocycles. The van der Waals surface area contributed by atoms with E-state index >= 15 is 0 Å². The molecule has 20 heavy (non-hydrogen) atoms. The first kappa shape index (κ1) is 15.4. The largest absolute Gasteiger partial charge is 0.489 e. The molecular weight excluding hydrogens is 338 g/mol. The maximum absolute atomic E-state index is 6.22. The molecule has 2 aromatic rings. The Labute approximate surface area is 133 Å². The molecule has 1 N–H and O–H groups in total. The van der Waals surface area contributed by atoms with Crippen molar-refractivity contribution in [1.29, 1.82) is 0 Å². The van der Waals surface area contributed by atoms with Crippen molar-refractivity contribution in [3.63, 3.8) is 0 Å². The minimum absolute atomic E-state index is 0.470. The maximum atomic E-state index is 6.22. The van der Waals surface area contributed by atoms with Crippen molar-refractivity contribution in [2.45, 2.75) is 20.1 Å². The number of aryl methyl sites for hydroxylation is 1. The second kappa shape index (κ2) is 7.11. The number of halogens is 2. The van der Waals surface area contributed by atoms with Gasteiger partial charge in [-0.2, -0.15) is 0 Å². The Kier molecular flexibility index (Phi) is 5.46. The van der Waals surface area contributed by atoms with Gasteiger partial charge >= 0.3 is 0 Å². The number of benzene rings is 2. The topological polar surface area (TPSA) is 21.3 Å². The number of ether oxygens (including phenoxy) is 1. The van der Waals surface area contributed by atoms with E-state index in [2.05, 4.69) is 27.3 Å². The Hall–Kier alpha value is -1.03. The van der Waals surface area contributed by atoms with Crippen LogP contribution in [-0.2, 0) is 13.2 Å². The highest BCUT2D eigenvalue weighted by Gasteiger charge is 2.06. The summed E-state index contributed by atoms with van der Waals surface area (Å²) < 4.78 is 6.95. The summed E-state index contributed by atoms with van der Waals surface area (Å²) in [5.74, 6) is 0.874. The summed E-state index contributed by atoms with van der Waals surface area (Å²) >= 11 is 9.70. The van der Waals surface area contributed by atoms with Crippen LogP contribution in [0.15, 0.2) is 40.9 Å². The fourth-order valence-corrected chi connectivity index (χ4v) is 2.64. The Bertz CT molecular complexity index is 601. The van der Waals surface area contributed by atoms with Crippen LogP contribution in [-0.4, -0.2) is 7.05 Å². The van der Waals surface area contributed by atoms with Gasteiger partial charge in [-0.3, -0.25) is 0 Å². The predicted molar refractivity (Wildman–Crippen MR) is 87.4 cm³/mol. The van der Waals surface area contributed by atoms with Gasteiger partial charge in [-0.1, -0.05) is 39.7 Å². The van der Waals surface area contributed by atoms with Gasteiger partial charge in [0.1, 0.15) is 12.4 Å². The van der Waals surface area contributed by atoms with E-state index in [0.717, 1.165) is 38.5 Å². The van der Waals surface area contributed by atoms with E-state index in [1.807, 2.05) is 44.3 Å². The van der Waals surface area contributed by atoms with Gasteiger partial charge in [-0.25, -0.2) is 0 Å². The summed E-state index contributed by atoms with van der Waals surface area (Å²) in [5.41, 5.74) is 3.26. The summed E-state index contributed by atoms with van der Waals surface area (Å²) in [7, 11) is 1.92. The number of hydrogen-bond donors (Lipinski definition) is 1. The molecule has 0 aromatic heterocycles. The maximum Gasteiger partial charge on any atom is 0.124 e. The normalized spacial score (nSPS) is 10.6. The second-order valence-corrected chi connectivity index (χ2v) is 5.99. The lowest BCUT2D eigenvalue weighted by Gasteiger charge is -2.13. The third-order valence-corrected chi connectivity index (χ3v) is 3.83. The van der Waals surface area contributed by atoms with Crippen molar-refractivity contribution >= 4 is 27.5 Å². The van der Waals surface area contributed by atoms with Gasteiger partial charge in [-0.15, -0.1) is 0 Å². The van der Waals surface area contributed by atoms with Crippen LogP contribution in [0.3, 0.4) is 0 Å². The van der Waals surface area contributed by atoms with Gasteiger partial charge in [0, 0.05) is 27.2 Å². The first-order valence-corrected chi connectivity index (χ1v) is 7.58. The van der Waals surface area contributed by atoms with Crippen LogP contribution in [0.25, 0.3) is 0 Å². The molecule has 0 spiro atoms. The summed E-state index contributed by atoms with van der Waals surface area (Å²) in [6.45, 7) is 3.25. The molecule has 0 radical (unpaired) electrons. The molecule has 4 heteroatoms. The highest BCUT2D eigenvalue weighted by Crippen LogP contribution is 2.25. The molecule has 2 rings (SSSR count). The second-order valence-electron chi connectivity index (χ2n) is 4.67. The lowest BCUT2D eigenvalue weighted by Crippen LogP contribution is -2.07. The molecule has 2 nitrogen and oxygen atoms in total. The molecule has 0 saturated heterocycles. The molecule has 0 amide bonds. The van der Waals surface area contributed by atoms with Crippen LogP contribution in [0.2, 0.25) is 5.02 Å². The van der Waals surface area contributed by atoms with Gasteiger partial charge < -0.3 is 10.1 Å². The minimum Gasteiger partial charge on any atom is -0.489 e. The summed E-state index contributed by atoms with van der Waals surface area (Å²) in [6.07, 6.45) is 0. The van der Waals surface area contributed by atoms with Crippen molar-refractivity contribution in [3.8, 4) is 5.75 Å². The van der Waals surface area contributed by atoms with Crippen molar-refractivity contribution in [2.75, 3.05) is 7.05 Å². The summed E-state index contributed by atoms with van der Waals surface area (Å²) in [6, 6.07) is 12.0. The Morgan fingerprint density at radius 1 is 1.15 bits per heavy atom. The molecule has 0 atom stereocenters. The van der Waals surface area contributed by atoms with Crippen LogP contribution in [0.5, 0.6) is 5.75 Å². The molecule has 0 bridgehead atoms.